The molecule has 0 N–H and O–H groups in total. The van der Waals surface area contributed by atoms with Crippen LogP contribution in [0.4, 0.5) is 0 Å². The highest BCUT2D eigenvalue weighted by atomic mass is 32.1. The van der Waals surface area contributed by atoms with Crippen molar-refractivity contribution in [1.29, 1.82) is 0 Å². The van der Waals surface area contributed by atoms with Crippen LogP contribution < -0.4 is 0 Å². The Morgan fingerprint density at radius 2 is 2.25 bits per heavy atom. The topological polar surface area (TPSA) is 56.0 Å². The monoisotopic (exact) mass is 286 g/mol. The lowest BCUT2D eigenvalue weighted by atomic mass is 10.1. The van der Waals surface area contributed by atoms with Gasteiger partial charge in [-0.2, -0.15) is 0 Å². The van der Waals surface area contributed by atoms with Crippen LogP contribution in [0.2, 0.25) is 0 Å². The van der Waals surface area contributed by atoms with Gasteiger partial charge in [0.25, 0.3) is 0 Å². The first-order chi connectivity index (χ1) is 9.70. The molecule has 0 unspecified atom stereocenters. The molecule has 0 spiro atoms. The van der Waals surface area contributed by atoms with Crippen molar-refractivity contribution in [2.45, 2.75) is 26.7 Å². The van der Waals surface area contributed by atoms with Crippen LogP contribution in [0.25, 0.3) is 11.0 Å². The number of aryl methyl sites for hydroxylation is 2. The minimum absolute atomic E-state index is 0.126. The Bertz CT molecular complexity index is 773. The summed E-state index contributed by atoms with van der Waals surface area (Å²) in [7, 11) is 0. The van der Waals surface area contributed by atoms with Crippen molar-refractivity contribution < 1.29 is 9.21 Å². The van der Waals surface area contributed by atoms with Gasteiger partial charge in [0, 0.05) is 5.39 Å². The van der Waals surface area contributed by atoms with E-state index in [2.05, 4.69) is 16.5 Å². The van der Waals surface area contributed by atoms with Gasteiger partial charge in [-0.05, 0) is 36.5 Å². The lowest BCUT2D eigenvalue weighted by Gasteiger charge is -1.96. The number of fused-ring (bicyclic) bond motifs is 1. The van der Waals surface area contributed by atoms with Gasteiger partial charge in [-0.1, -0.05) is 36.0 Å². The third-order valence-electron chi connectivity index (χ3n) is 3.21. The lowest BCUT2D eigenvalue weighted by molar-refractivity contribution is 0.101. The largest absolute Gasteiger partial charge is 0.452 e. The maximum atomic E-state index is 12.5. The maximum absolute atomic E-state index is 12.5. The molecule has 0 saturated carbocycles. The average Bonchev–Trinajstić information content (AvgIpc) is 3.05. The van der Waals surface area contributed by atoms with E-state index < -0.39 is 0 Å². The number of carbonyl (C=O) groups excluding carboxylic acids is 1. The van der Waals surface area contributed by atoms with E-state index in [9.17, 15) is 4.79 Å². The van der Waals surface area contributed by atoms with Gasteiger partial charge in [0.15, 0.2) is 5.76 Å². The van der Waals surface area contributed by atoms with Crippen LogP contribution in [0.5, 0.6) is 0 Å². The number of rotatable bonds is 4. The van der Waals surface area contributed by atoms with Crippen molar-refractivity contribution in [3.8, 4) is 0 Å². The van der Waals surface area contributed by atoms with E-state index in [0.717, 1.165) is 46.6 Å². The first kappa shape index (κ1) is 13.0. The predicted molar refractivity (Wildman–Crippen MR) is 78.3 cm³/mol. The van der Waals surface area contributed by atoms with Crippen molar-refractivity contribution in [2.24, 2.45) is 0 Å². The Balaban J connectivity index is 2.04. The van der Waals surface area contributed by atoms with Crippen LogP contribution in [0.1, 0.15) is 40.0 Å². The van der Waals surface area contributed by atoms with Gasteiger partial charge in [0.2, 0.25) is 5.78 Å². The molecule has 5 heteroatoms. The minimum Gasteiger partial charge on any atom is -0.452 e. The molecule has 4 nitrogen and oxygen atoms in total. The summed E-state index contributed by atoms with van der Waals surface area (Å²) in [5.41, 5.74) is 2.56. The fraction of sp³-hybridized carbons (Fsp3) is 0.267. The van der Waals surface area contributed by atoms with Crippen molar-refractivity contribution in [3.05, 3.63) is 46.2 Å². The van der Waals surface area contributed by atoms with Crippen LogP contribution in [-0.2, 0) is 6.42 Å². The number of benzene rings is 1. The van der Waals surface area contributed by atoms with Gasteiger partial charge in [-0.15, -0.1) is 5.10 Å². The number of aromatic nitrogens is 2. The zero-order chi connectivity index (χ0) is 14.1. The molecule has 0 bridgehead atoms. The summed E-state index contributed by atoms with van der Waals surface area (Å²) in [4.78, 5) is 13.1. The Kier molecular flexibility index (Phi) is 3.36. The van der Waals surface area contributed by atoms with Gasteiger partial charge < -0.3 is 4.42 Å². The standard InChI is InChI=1S/C15H14N2O2S/c1-3-5-11-15(20-17-16-11)13(18)12-8-10-7-4-6-9(2)14(10)19-12/h4,6-8H,3,5H2,1-2H3. The second-order valence-electron chi connectivity index (χ2n) is 4.73. The number of furan rings is 1. The fourth-order valence-corrected chi connectivity index (χ4v) is 2.87. The highest BCUT2D eigenvalue weighted by Gasteiger charge is 2.21. The Labute approximate surface area is 120 Å². The van der Waals surface area contributed by atoms with Gasteiger partial charge in [-0.3, -0.25) is 4.79 Å². The molecule has 0 saturated heterocycles. The first-order valence-electron chi connectivity index (χ1n) is 6.55. The van der Waals surface area contributed by atoms with Crippen LogP contribution in [0, 0.1) is 6.92 Å². The normalized spacial score (nSPS) is 11.1. The molecule has 0 amide bonds. The highest BCUT2D eigenvalue weighted by Crippen LogP contribution is 2.26. The minimum atomic E-state index is -0.126. The second kappa shape index (κ2) is 5.17. The quantitative estimate of drug-likeness (QED) is 0.685. The van der Waals surface area contributed by atoms with Crippen molar-refractivity contribution in [3.63, 3.8) is 0 Å². The summed E-state index contributed by atoms with van der Waals surface area (Å²) in [5.74, 6) is 0.233. The maximum Gasteiger partial charge on any atom is 0.241 e. The molecule has 102 valence electrons. The van der Waals surface area contributed by atoms with Crippen molar-refractivity contribution in [2.75, 3.05) is 0 Å². The van der Waals surface area contributed by atoms with E-state index in [1.165, 1.54) is 0 Å². The molecule has 0 aliphatic heterocycles. The molecule has 0 aliphatic rings. The Hall–Kier alpha value is -2.01. The van der Waals surface area contributed by atoms with Gasteiger partial charge >= 0.3 is 0 Å². The van der Waals surface area contributed by atoms with E-state index in [0.29, 0.717) is 10.6 Å². The number of para-hydroxylation sites is 1. The van der Waals surface area contributed by atoms with E-state index >= 15 is 0 Å². The SMILES string of the molecule is CCCc1nnsc1C(=O)c1cc2cccc(C)c2o1. The summed E-state index contributed by atoms with van der Waals surface area (Å²) in [5, 5.41) is 4.98. The van der Waals surface area contributed by atoms with Crippen LogP contribution in [0.3, 0.4) is 0 Å². The Morgan fingerprint density at radius 3 is 3.00 bits per heavy atom. The average molecular weight is 286 g/mol. The summed E-state index contributed by atoms with van der Waals surface area (Å²) < 4.78 is 9.61. The van der Waals surface area contributed by atoms with Crippen molar-refractivity contribution in [1.82, 2.24) is 9.59 Å². The molecule has 2 heterocycles. The number of carbonyl (C=O) groups is 1. The molecule has 0 atom stereocenters. The zero-order valence-electron chi connectivity index (χ0n) is 11.3. The third kappa shape index (κ3) is 2.14. The summed E-state index contributed by atoms with van der Waals surface area (Å²) >= 11 is 1.14. The highest BCUT2D eigenvalue weighted by molar-refractivity contribution is 7.08. The predicted octanol–water partition coefficient (Wildman–Crippen LogP) is 3.78. The smallest absolute Gasteiger partial charge is 0.241 e. The van der Waals surface area contributed by atoms with E-state index in [-0.39, 0.29) is 5.78 Å². The fourth-order valence-electron chi connectivity index (χ4n) is 2.21. The van der Waals surface area contributed by atoms with E-state index in [4.69, 9.17) is 4.42 Å². The third-order valence-corrected chi connectivity index (χ3v) is 3.98. The molecule has 20 heavy (non-hydrogen) atoms. The molecular weight excluding hydrogens is 272 g/mol. The van der Waals surface area contributed by atoms with E-state index in [1.54, 1.807) is 6.07 Å². The van der Waals surface area contributed by atoms with Crippen LogP contribution >= 0.6 is 11.5 Å². The van der Waals surface area contributed by atoms with E-state index in [1.807, 2.05) is 25.1 Å². The molecule has 1 aromatic carbocycles. The van der Waals surface area contributed by atoms with Crippen molar-refractivity contribution >= 4 is 28.3 Å². The summed E-state index contributed by atoms with van der Waals surface area (Å²) in [6.07, 6.45) is 1.70. The summed E-state index contributed by atoms with van der Waals surface area (Å²) in [6, 6.07) is 7.66. The van der Waals surface area contributed by atoms with Gasteiger partial charge in [-0.25, -0.2) is 0 Å². The van der Waals surface area contributed by atoms with Gasteiger partial charge in [0.05, 0.1) is 5.69 Å². The molecule has 0 radical (unpaired) electrons. The molecule has 3 aromatic rings. The molecule has 0 aliphatic carbocycles. The number of hydrogen-bond acceptors (Lipinski definition) is 5. The molecule has 2 aromatic heterocycles. The molecule has 3 rings (SSSR count). The Morgan fingerprint density at radius 1 is 1.40 bits per heavy atom. The number of nitrogens with zero attached hydrogens (tertiary/aromatic N) is 2. The first-order valence-corrected chi connectivity index (χ1v) is 7.33. The molecule has 0 fully saturated rings. The second-order valence-corrected chi connectivity index (χ2v) is 5.49. The summed E-state index contributed by atoms with van der Waals surface area (Å²) in [6.45, 7) is 4.02. The lowest BCUT2D eigenvalue weighted by Crippen LogP contribution is -2.01. The van der Waals surface area contributed by atoms with Crippen LogP contribution in [-0.4, -0.2) is 15.4 Å². The number of hydrogen-bond donors (Lipinski definition) is 0. The van der Waals surface area contributed by atoms with Crippen LogP contribution in [0.15, 0.2) is 28.7 Å². The number of ketones is 1. The van der Waals surface area contributed by atoms with Gasteiger partial charge in [0.1, 0.15) is 10.5 Å². The zero-order valence-corrected chi connectivity index (χ0v) is 12.2. The molecular formula is C15H14N2O2S.